The highest BCUT2D eigenvalue weighted by atomic mass is 16.1. The number of rotatable bonds is 3. The van der Waals surface area contributed by atoms with Gasteiger partial charge in [0.2, 0.25) is 0 Å². The van der Waals surface area contributed by atoms with Crippen LogP contribution in [0.5, 0.6) is 0 Å². The predicted octanol–water partition coefficient (Wildman–Crippen LogP) is 1.37. The third kappa shape index (κ3) is 1.90. The van der Waals surface area contributed by atoms with Crippen molar-refractivity contribution in [2.45, 2.75) is 20.4 Å². The molecule has 2 nitrogen and oxygen atoms in total. The lowest BCUT2D eigenvalue weighted by Crippen LogP contribution is -2.05. The first-order valence-electron chi connectivity index (χ1n) is 5.66. The lowest BCUT2D eigenvalue weighted by Gasteiger charge is -2.08. The third-order valence-electron chi connectivity index (χ3n) is 2.76. The van der Waals surface area contributed by atoms with Crippen molar-refractivity contribution in [3.8, 4) is 0 Å². The molecule has 0 spiro atoms. The van der Waals surface area contributed by atoms with Gasteiger partial charge in [0.25, 0.3) is 0 Å². The average molecular weight is 213 g/mol. The summed E-state index contributed by atoms with van der Waals surface area (Å²) in [7, 11) is 2.08. The molecule has 82 valence electrons. The highest BCUT2D eigenvalue weighted by molar-refractivity contribution is 6.33. The smallest absolute Gasteiger partial charge is 0.152 e. The molecule has 0 fully saturated rings. The fraction of sp³-hybridized carbons (Fsp3) is 0.308. The Bertz CT molecular complexity index is 528. The van der Waals surface area contributed by atoms with Crippen molar-refractivity contribution in [2.24, 2.45) is 5.92 Å². The van der Waals surface area contributed by atoms with Gasteiger partial charge in [0.05, 0.1) is 0 Å². The normalized spacial score (nSPS) is 11.2. The first-order chi connectivity index (χ1) is 7.61. The maximum absolute atomic E-state index is 11.0. The number of benzene rings is 1. The molecule has 0 bridgehead atoms. The monoisotopic (exact) mass is 213 g/mol. The van der Waals surface area contributed by atoms with E-state index < -0.39 is 0 Å². The Kier molecular flexibility index (Phi) is 2.86. The van der Waals surface area contributed by atoms with Crippen molar-refractivity contribution in [3.63, 3.8) is 0 Å². The lowest BCUT2D eigenvalue weighted by molar-refractivity contribution is 0.112. The fourth-order valence-corrected chi connectivity index (χ4v) is 2.07. The topological polar surface area (TPSA) is 22.0 Å². The van der Waals surface area contributed by atoms with Gasteiger partial charge in [-0.05, 0) is 12.0 Å². The maximum Gasteiger partial charge on any atom is 0.152 e. The molecule has 1 heterocycles. The van der Waals surface area contributed by atoms with Gasteiger partial charge in [0, 0.05) is 29.2 Å². The van der Waals surface area contributed by atoms with Crippen molar-refractivity contribution in [1.29, 1.82) is 0 Å². The van der Waals surface area contributed by atoms with Gasteiger partial charge in [-0.25, -0.2) is 0 Å². The molecular formula is C13H16BNO. The summed E-state index contributed by atoms with van der Waals surface area (Å²) in [5.74, 6) is 0.579. The van der Waals surface area contributed by atoms with Crippen LogP contribution in [-0.4, -0.2) is 18.7 Å². The van der Waals surface area contributed by atoms with E-state index in [4.69, 9.17) is 0 Å². The van der Waals surface area contributed by atoms with Crippen LogP contribution < -0.4 is 5.46 Å². The Morgan fingerprint density at radius 1 is 1.44 bits per heavy atom. The summed E-state index contributed by atoms with van der Waals surface area (Å²) in [6.45, 7) is 5.32. The molecule has 0 radical (unpaired) electrons. The zero-order valence-electron chi connectivity index (χ0n) is 10.0. The molecule has 0 atom stereocenters. The summed E-state index contributed by atoms with van der Waals surface area (Å²) in [5, 5.41) is 1.06. The Morgan fingerprint density at radius 3 is 2.81 bits per heavy atom. The van der Waals surface area contributed by atoms with Gasteiger partial charge in [0.1, 0.15) is 7.85 Å². The minimum Gasteiger partial charge on any atom is -0.346 e. The van der Waals surface area contributed by atoms with Crippen molar-refractivity contribution in [1.82, 2.24) is 4.57 Å². The Morgan fingerprint density at radius 2 is 2.19 bits per heavy atom. The quantitative estimate of drug-likeness (QED) is 0.557. The summed E-state index contributed by atoms with van der Waals surface area (Å²) < 4.78 is 2.18. The van der Waals surface area contributed by atoms with Gasteiger partial charge >= 0.3 is 0 Å². The molecule has 0 amide bonds. The second-order valence-corrected chi connectivity index (χ2v) is 4.77. The number of carbonyl (C=O) groups is 1. The molecule has 0 N–H and O–H groups in total. The number of carbonyl (C=O) groups excluding carboxylic acids is 1. The van der Waals surface area contributed by atoms with Gasteiger partial charge < -0.3 is 4.57 Å². The zero-order valence-corrected chi connectivity index (χ0v) is 10.0. The van der Waals surface area contributed by atoms with E-state index in [1.165, 1.54) is 5.46 Å². The van der Waals surface area contributed by atoms with Crippen LogP contribution >= 0.6 is 0 Å². The van der Waals surface area contributed by atoms with E-state index in [0.29, 0.717) is 5.92 Å². The second kappa shape index (κ2) is 4.16. The Hall–Kier alpha value is -1.51. The minimum absolute atomic E-state index is 0.579. The number of aromatic nitrogens is 1. The number of fused-ring (bicyclic) bond motifs is 1. The largest absolute Gasteiger partial charge is 0.346 e. The molecule has 2 rings (SSSR count). The average Bonchev–Trinajstić information content (AvgIpc) is 2.55. The first kappa shape index (κ1) is 11.0. The Balaban J connectivity index is 2.64. The molecular weight excluding hydrogens is 197 g/mol. The summed E-state index contributed by atoms with van der Waals surface area (Å²) in [6, 6.07) is 6.23. The molecule has 0 saturated carbocycles. The zero-order chi connectivity index (χ0) is 11.7. The van der Waals surface area contributed by atoms with Gasteiger partial charge in [-0.1, -0.05) is 31.4 Å². The molecule has 0 aliphatic rings. The molecule has 1 aromatic heterocycles. The lowest BCUT2D eigenvalue weighted by atomic mass is 9.95. The molecule has 2 aromatic rings. The third-order valence-corrected chi connectivity index (χ3v) is 2.76. The van der Waals surface area contributed by atoms with Crippen LogP contribution in [0.15, 0.2) is 24.4 Å². The highest BCUT2D eigenvalue weighted by Crippen LogP contribution is 2.20. The van der Waals surface area contributed by atoms with Crippen molar-refractivity contribution < 1.29 is 4.79 Å². The summed E-state index contributed by atoms with van der Waals surface area (Å²) in [5.41, 5.74) is 3.18. The number of hydrogen-bond acceptors (Lipinski definition) is 1. The molecule has 0 saturated heterocycles. The highest BCUT2D eigenvalue weighted by Gasteiger charge is 2.08. The van der Waals surface area contributed by atoms with Crippen LogP contribution in [0.1, 0.15) is 24.2 Å². The van der Waals surface area contributed by atoms with Crippen molar-refractivity contribution >= 4 is 30.5 Å². The van der Waals surface area contributed by atoms with Crippen LogP contribution in [0.4, 0.5) is 0 Å². The predicted molar refractivity (Wildman–Crippen MR) is 70.3 cm³/mol. The fourth-order valence-electron chi connectivity index (χ4n) is 2.07. The van der Waals surface area contributed by atoms with E-state index >= 15 is 0 Å². The number of aldehydes is 1. The van der Waals surface area contributed by atoms with E-state index in [-0.39, 0.29) is 0 Å². The minimum atomic E-state index is 0.579. The molecule has 0 aliphatic carbocycles. The second-order valence-electron chi connectivity index (χ2n) is 4.77. The van der Waals surface area contributed by atoms with Crippen LogP contribution in [0.3, 0.4) is 0 Å². The van der Waals surface area contributed by atoms with Crippen LogP contribution in [0.25, 0.3) is 10.9 Å². The van der Waals surface area contributed by atoms with Crippen molar-refractivity contribution in [2.75, 3.05) is 0 Å². The van der Waals surface area contributed by atoms with Gasteiger partial charge in [0.15, 0.2) is 6.29 Å². The summed E-state index contributed by atoms with van der Waals surface area (Å²) >= 11 is 0. The number of hydrogen-bond donors (Lipinski definition) is 0. The molecule has 3 heteroatoms. The molecule has 1 aromatic carbocycles. The molecule has 0 unspecified atom stereocenters. The first-order valence-corrected chi connectivity index (χ1v) is 5.66. The van der Waals surface area contributed by atoms with Crippen LogP contribution in [-0.2, 0) is 6.54 Å². The standard InChI is InChI=1S/C13H16BNO/c1-9(2)6-15-7-10(8-16)12-4-3-11(14)5-13(12)15/h3-5,7-9H,6,14H2,1-2H3. The summed E-state index contributed by atoms with van der Waals surface area (Å²) in [6.07, 6.45) is 2.89. The van der Waals surface area contributed by atoms with Gasteiger partial charge in [-0.2, -0.15) is 0 Å². The number of nitrogens with zero attached hydrogens (tertiary/aromatic N) is 1. The maximum atomic E-state index is 11.0. The molecule has 0 aliphatic heterocycles. The van der Waals surface area contributed by atoms with Crippen LogP contribution in [0.2, 0.25) is 0 Å². The van der Waals surface area contributed by atoms with Gasteiger partial charge in [-0.3, -0.25) is 4.79 Å². The Labute approximate surface area is 96.7 Å². The van der Waals surface area contributed by atoms with E-state index in [2.05, 4.69) is 38.4 Å². The van der Waals surface area contributed by atoms with E-state index in [0.717, 1.165) is 29.3 Å². The summed E-state index contributed by atoms with van der Waals surface area (Å²) in [4.78, 5) is 11.0. The van der Waals surface area contributed by atoms with E-state index in [1.807, 2.05) is 12.3 Å². The molecule has 16 heavy (non-hydrogen) atoms. The van der Waals surface area contributed by atoms with Crippen LogP contribution in [0, 0.1) is 5.92 Å². The van der Waals surface area contributed by atoms with E-state index in [9.17, 15) is 4.79 Å². The van der Waals surface area contributed by atoms with Gasteiger partial charge in [-0.15, -0.1) is 0 Å². The SMILES string of the molecule is Bc1ccc2c(C=O)cn(CC(C)C)c2c1. The van der Waals surface area contributed by atoms with E-state index in [1.54, 1.807) is 0 Å². The van der Waals surface area contributed by atoms with Crippen molar-refractivity contribution in [3.05, 3.63) is 30.0 Å².